The Hall–Kier alpha value is -0.860. The maximum absolute atomic E-state index is 4.00. The maximum Gasteiger partial charge on any atom is 0.0325 e. The van der Waals surface area contributed by atoms with Gasteiger partial charge in [-0.3, -0.25) is 0 Å². The quantitative estimate of drug-likeness (QED) is 0.883. The Morgan fingerprint density at radius 3 is 2.65 bits per heavy atom. The molecular weight excluding hydrogens is 244 g/mol. The summed E-state index contributed by atoms with van der Waals surface area (Å²) in [4.78, 5) is 2.63. The second-order valence-corrected chi connectivity index (χ2v) is 7.00. The van der Waals surface area contributed by atoms with Crippen molar-refractivity contribution in [1.82, 2.24) is 10.2 Å². The zero-order valence-corrected chi connectivity index (χ0v) is 12.9. The highest BCUT2D eigenvalue weighted by molar-refractivity contribution is 5.19. The first-order valence-corrected chi connectivity index (χ1v) is 8.25. The van der Waals surface area contributed by atoms with Crippen LogP contribution in [0.5, 0.6) is 0 Å². The Kier molecular flexibility index (Phi) is 4.42. The fraction of sp³-hybridized carbons (Fsp3) is 0.667. The number of nitrogens with zero attached hydrogens (tertiary/aromatic N) is 1. The Labute approximate surface area is 123 Å². The first-order valence-electron chi connectivity index (χ1n) is 8.25. The minimum absolute atomic E-state index is 0.522. The summed E-state index contributed by atoms with van der Waals surface area (Å²) in [6.07, 6.45) is 3.95. The van der Waals surface area contributed by atoms with Crippen molar-refractivity contribution in [3.05, 3.63) is 35.9 Å². The summed E-state index contributed by atoms with van der Waals surface area (Å²) in [7, 11) is 0. The van der Waals surface area contributed by atoms with E-state index in [9.17, 15) is 0 Å². The van der Waals surface area contributed by atoms with Crippen LogP contribution in [-0.4, -0.2) is 30.6 Å². The molecule has 2 nitrogen and oxygen atoms in total. The van der Waals surface area contributed by atoms with Gasteiger partial charge < -0.3 is 10.2 Å². The molecule has 2 heterocycles. The lowest BCUT2D eigenvalue weighted by molar-refractivity contribution is 0.204. The summed E-state index contributed by atoms with van der Waals surface area (Å²) in [6.45, 7) is 8.59. The van der Waals surface area contributed by atoms with Crippen molar-refractivity contribution in [2.45, 2.75) is 45.2 Å². The van der Waals surface area contributed by atoms with Crippen LogP contribution in [0.1, 0.15) is 44.7 Å². The van der Waals surface area contributed by atoms with Crippen LogP contribution in [0, 0.1) is 11.8 Å². The number of hydrogen-bond acceptors (Lipinski definition) is 2. The highest BCUT2D eigenvalue weighted by Crippen LogP contribution is 2.30. The summed E-state index contributed by atoms with van der Waals surface area (Å²) in [6, 6.07) is 12.3. The Bertz CT molecular complexity index is 415. The van der Waals surface area contributed by atoms with E-state index in [0.717, 1.165) is 17.9 Å². The van der Waals surface area contributed by atoms with Crippen molar-refractivity contribution in [2.24, 2.45) is 11.8 Å². The number of nitrogens with one attached hydrogen (secondary N) is 1. The van der Waals surface area contributed by atoms with Gasteiger partial charge in [-0.25, -0.2) is 0 Å². The second-order valence-electron chi connectivity index (χ2n) is 7.00. The molecule has 3 rings (SSSR count). The molecule has 1 aromatic carbocycles. The summed E-state index contributed by atoms with van der Waals surface area (Å²) in [5.41, 5.74) is 1.46. The number of fused-ring (bicyclic) bond motifs is 2. The van der Waals surface area contributed by atoms with Gasteiger partial charge in [0, 0.05) is 18.6 Å². The minimum Gasteiger partial charge on any atom is -0.307 e. The van der Waals surface area contributed by atoms with E-state index in [1.807, 2.05) is 0 Å². The van der Waals surface area contributed by atoms with Gasteiger partial charge in [0.2, 0.25) is 0 Å². The van der Waals surface area contributed by atoms with Crippen molar-refractivity contribution in [1.29, 1.82) is 0 Å². The van der Waals surface area contributed by atoms with E-state index >= 15 is 0 Å². The summed E-state index contributed by atoms with van der Waals surface area (Å²) >= 11 is 0. The molecule has 0 saturated carbocycles. The maximum atomic E-state index is 4.00. The standard InChI is InChI=1S/C18H28N2/c1-14(2)12-18(15-6-4-3-5-7-15)19-17-9-11-20-10-8-16(17)13-20/h3-7,14,16-19H,8-13H2,1-2H3. The van der Waals surface area contributed by atoms with Crippen LogP contribution in [-0.2, 0) is 0 Å². The van der Waals surface area contributed by atoms with E-state index in [2.05, 4.69) is 54.4 Å². The highest BCUT2D eigenvalue weighted by atomic mass is 15.2. The lowest BCUT2D eigenvalue weighted by atomic mass is 9.90. The number of benzene rings is 1. The van der Waals surface area contributed by atoms with Crippen LogP contribution in [0.15, 0.2) is 30.3 Å². The van der Waals surface area contributed by atoms with E-state index in [1.165, 1.54) is 44.5 Å². The van der Waals surface area contributed by atoms with Crippen molar-refractivity contribution in [2.75, 3.05) is 19.6 Å². The zero-order chi connectivity index (χ0) is 13.9. The minimum atomic E-state index is 0.522. The second kappa shape index (κ2) is 6.28. The molecule has 2 aliphatic heterocycles. The van der Waals surface area contributed by atoms with Gasteiger partial charge in [-0.2, -0.15) is 0 Å². The molecule has 110 valence electrons. The molecular formula is C18H28N2. The lowest BCUT2D eigenvalue weighted by Crippen LogP contribution is -2.45. The normalized spacial score (nSPS) is 30.6. The van der Waals surface area contributed by atoms with Crippen molar-refractivity contribution in [3.8, 4) is 0 Å². The SMILES string of the molecule is CC(C)CC(NC1CCN2CCC1C2)c1ccccc1. The molecule has 4 atom stereocenters. The van der Waals surface area contributed by atoms with E-state index < -0.39 is 0 Å². The summed E-state index contributed by atoms with van der Waals surface area (Å²) < 4.78 is 0. The Balaban J connectivity index is 1.69. The van der Waals surface area contributed by atoms with Gasteiger partial charge in [-0.05, 0) is 49.8 Å². The van der Waals surface area contributed by atoms with Gasteiger partial charge in [0.15, 0.2) is 0 Å². The van der Waals surface area contributed by atoms with Crippen LogP contribution in [0.2, 0.25) is 0 Å². The number of rotatable bonds is 5. The molecule has 0 amide bonds. The molecule has 0 aromatic heterocycles. The molecule has 20 heavy (non-hydrogen) atoms. The van der Waals surface area contributed by atoms with Gasteiger partial charge in [0.1, 0.15) is 0 Å². The Morgan fingerprint density at radius 2 is 1.90 bits per heavy atom. The molecule has 1 aromatic rings. The third kappa shape index (κ3) is 3.24. The fourth-order valence-electron chi connectivity index (χ4n) is 3.89. The first-order chi connectivity index (χ1) is 9.72. The average Bonchev–Trinajstić information content (AvgIpc) is 2.84. The van der Waals surface area contributed by atoms with Gasteiger partial charge >= 0.3 is 0 Å². The molecule has 2 fully saturated rings. The van der Waals surface area contributed by atoms with Crippen molar-refractivity contribution >= 4 is 0 Å². The van der Waals surface area contributed by atoms with Crippen LogP contribution >= 0.6 is 0 Å². The van der Waals surface area contributed by atoms with Gasteiger partial charge in [-0.1, -0.05) is 44.2 Å². The number of hydrogen-bond donors (Lipinski definition) is 1. The molecule has 0 aliphatic carbocycles. The topological polar surface area (TPSA) is 15.3 Å². The number of piperidine rings is 1. The summed E-state index contributed by atoms with van der Waals surface area (Å²) in [5.74, 6) is 1.61. The molecule has 2 aliphatic rings. The molecule has 1 N–H and O–H groups in total. The smallest absolute Gasteiger partial charge is 0.0325 e. The molecule has 4 unspecified atom stereocenters. The zero-order valence-electron chi connectivity index (χ0n) is 12.9. The molecule has 0 spiro atoms. The average molecular weight is 272 g/mol. The van der Waals surface area contributed by atoms with E-state index in [0.29, 0.717) is 6.04 Å². The molecule has 2 saturated heterocycles. The molecule has 2 bridgehead atoms. The summed E-state index contributed by atoms with van der Waals surface area (Å²) in [5, 5.41) is 4.00. The third-order valence-electron chi connectivity index (χ3n) is 4.96. The van der Waals surface area contributed by atoms with Gasteiger partial charge in [0.25, 0.3) is 0 Å². The van der Waals surface area contributed by atoms with Crippen molar-refractivity contribution in [3.63, 3.8) is 0 Å². The molecule has 0 radical (unpaired) electrons. The van der Waals surface area contributed by atoms with Gasteiger partial charge in [-0.15, -0.1) is 0 Å². The van der Waals surface area contributed by atoms with Crippen LogP contribution in [0.25, 0.3) is 0 Å². The third-order valence-corrected chi connectivity index (χ3v) is 4.96. The lowest BCUT2D eigenvalue weighted by Gasteiger charge is -2.35. The van der Waals surface area contributed by atoms with E-state index in [-0.39, 0.29) is 0 Å². The Morgan fingerprint density at radius 1 is 1.15 bits per heavy atom. The largest absolute Gasteiger partial charge is 0.307 e. The van der Waals surface area contributed by atoms with Crippen LogP contribution < -0.4 is 5.32 Å². The van der Waals surface area contributed by atoms with Crippen LogP contribution in [0.4, 0.5) is 0 Å². The highest BCUT2D eigenvalue weighted by Gasteiger charge is 2.35. The predicted octanol–water partition coefficient (Wildman–Crippen LogP) is 3.46. The van der Waals surface area contributed by atoms with Crippen molar-refractivity contribution < 1.29 is 0 Å². The van der Waals surface area contributed by atoms with Crippen LogP contribution in [0.3, 0.4) is 0 Å². The predicted molar refractivity (Wildman–Crippen MR) is 84.7 cm³/mol. The van der Waals surface area contributed by atoms with E-state index in [1.54, 1.807) is 0 Å². The molecule has 2 heteroatoms. The van der Waals surface area contributed by atoms with E-state index in [4.69, 9.17) is 0 Å². The van der Waals surface area contributed by atoms with Gasteiger partial charge in [0.05, 0.1) is 0 Å². The first kappa shape index (κ1) is 14.1. The fourth-order valence-corrected chi connectivity index (χ4v) is 3.89. The monoisotopic (exact) mass is 272 g/mol.